The van der Waals surface area contributed by atoms with Crippen molar-refractivity contribution in [3.63, 3.8) is 0 Å². The summed E-state index contributed by atoms with van der Waals surface area (Å²) in [7, 11) is 0. The number of hydrogen-bond acceptors (Lipinski definition) is 3. The Labute approximate surface area is 93.1 Å². The molecule has 0 bridgehead atoms. The lowest BCUT2D eigenvalue weighted by atomic mass is 10.2. The fraction of sp³-hybridized carbons (Fsp3) is 0.0769. The van der Waals surface area contributed by atoms with Gasteiger partial charge in [-0.15, -0.1) is 0 Å². The zero-order valence-corrected chi connectivity index (χ0v) is 8.84. The number of aromatic nitrogens is 2. The molecule has 0 N–H and O–H groups in total. The van der Waals surface area contributed by atoms with Crippen molar-refractivity contribution in [2.45, 2.75) is 6.92 Å². The van der Waals surface area contributed by atoms with Crippen LogP contribution < -0.4 is 4.74 Å². The topological polar surface area (TPSA) is 35.0 Å². The summed E-state index contributed by atoms with van der Waals surface area (Å²) in [5.41, 5.74) is 3.55. The van der Waals surface area contributed by atoms with Crippen LogP contribution in [-0.2, 0) is 0 Å². The highest BCUT2D eigenvalue weighted by Crippen LogP contribution is 2.23. The molecule has 0 fully saturated rings. The summed E-state index contributed by atoms with van der Waals surface area (Å²) in [6.45, 7) is 1.97. The third-order valence-corrected chi connectivity index (χ3v) is 2.42. The molecule has 1 aliphatic heterocycles. The number of nitrogens with zero attached hydrogens (tertiary/aromatic N) is 2. The summed E-state index contributed by atoms with van der Waals surface area (Å²) in [5, 5.41) is 0. The Balaban J connectivity index is 2.25. The van der Waals surface area contributed by atoms with Crippen molar-refractivity contribution in [2.24, 2.45) is 0 Å². The third-order valence-electron chi connectivity index (χ3n) is 2.42. The molecule has 16 heavy (non-hydrogen) atoms. The first-order valence-corrected chi connectivity index (χ1v) is 5.11. The maximum Gasteiger partial charge on any atom is 0.245 e. The van der Waals surface area contributed by atoms with Crippen LogP contribution in [0.2, 0.25) is 0 Å². The summed E-state index contributed by atoms with van der Waals surface area (Å²) >= 11 is 0. The molecule has 1 aromatic carbocycles. The van der Waals surface area contributed by atoms with Gasteiger partial charge in [0.15, 0.2) is 0 Å². The van der Waals surface area contributed by atoms with Crippen molar-refractivity contribution in [3.8, 4) is 5.88 Å². The maximum atomic E-state index is 5.47. The molecule has 0 amide bonds. The Kier molecular flexibility index (Phi) is 1.96. The van der Waals surface area contributed by atoms with Gasteiger partial charge in [0.2, 0.25) is 5.88 Å². The molecule has 78 valence electrons. The number of benzene rings is 1. The molecular formula is C13H10N2O. The van der Waals surface area contributed by atoms with Crippen LogP contribution in [0.1, 0.15) is 12.6 Å². The van der Waals surface area contributed by atoms with E-state index in [0.717, 1.165) is 22.3 Å². The predicted octanol–water partition coefficient (Wildman–Crippen LogP) is 2.94. The standard InChI is InChI=1S/C13H10N2O/c1-9-6-7-12-13(16-8-9)15-11-5-3-2-4-10(11)14-12/h2-8H,1H3. The predicted molar refractivity (Wildman–Crippen MR) is 63.0 cm³/mol. The van der Waals surface area contributed by atoms with Crippen LogP contribution in [0.15, 0.2) is 42.2 Å². The van der Waals surface area contributed by atoms with Crippen molar-refractivity contribution in [1.29, 1.82) is 0 Å². The Morgan fingerprint density at radius 2 is 1.75 bits per heavy atom. The molecule has 0 aliphatic carbocycles. The fourth-order valence-electron chi connectivity index (χ4n) is 1.59. The van der Waals surface area contributed by atoms with Crippen LogP contribution in [0.25, 0.3) is 17.1 Å². The lowest BCUT2D eigenvalue weighted by molar-refractivity contribution is 0.457. The third kappa shape index (κ3) is 1.46. The van der Waals surface area contributed by atoms with Gasteiger partial charge in [-0.25, -0.2) is 9.97 Å². The summed E-state index contributed by atoms with van der Waals surface area (Å²) in [6, 6.07) is 7.77. The van der Waals surface area contributed by atoms with Crippen molar-refractivity contribution in [3.05, 3.63) is 47.9 Å². The molecule has 0 atom stereocenters. The van der Waals surface area contributed by atoms with Gasteiger partial charge in [0.1, 0.15) is 5.69 Å². The highest BCUT2D eigenvalue weighted by atomic mass is 16.5. The van der Waals surface area contributed by atoms with Crippen LogP contribution in [0.3, 0.4) is 0 Å². The summed E-state index contributed by atoms with van der Waals surface area (Å²) in [4.78, 5) is 8.93. The van der Waals surface area contributed by atoms with Crippen LogP contribution in [0, 0.1) is 0 Å². The van der Waals surface area contributed by atoms with Crippen molar-refractivity contribution >= 4 is 17.1 Å². The molecule has 3 nitrogen and oxygen atoms in total. The monoisotopic (exact) mass is 210 g/mol. The van der Waals surface area contributed by atoms with Crippen LogP contribution in [0.5, 0.6) is 5.88 Å². The first kappa shape index (κ1) is 9.09. The first-order chi connectivity index (χ1) is 7.83. The first-order valence-electron chi connectivity index (χ1n) is 5.11. The largest absolute Gasteiger partial charge is 0.445 e. The van der Waals surface area contributed by atoms with Crippen molar-refractivity contribution in [2.75, 3.05) is 0 Å². The van der Waals surface area contributed by atoms with Crippen molar-refractivity contribution < 1.29 is 4.74 Å². The second-order valence-electron chi connectivity index (χ2n) is 3.72. The highest BCUT2D eigenvalue weighted by Gasteiger charge is 2.08. The van der Waals surface area contributed by atoms with E-state index in [-0.39, 0.29) is 0 Å². The molecule has 1 aliphatic rings. The summed E-state index contributed by atoms with van der Waals surface area (Å²) in [6.07, 6.45) is 5.58. The number of para-hydroxylation sites is 2. The summed E-state index contributed by atoms with van der Waals surface area (Å²) < 4.78 is 5.47. The van der Waals surface area contributed by atoms with E-state index in [1.165, 1.54) is 0 Å². The number of allylic oxidation sites excluding steroid dienone is 2. The van der Waals surface area contributed by atoms with Gasteiger partial charge < -0.3 is 4.74 Å². The fourth-order valence-corrected chi connectivity index (χ4v) is 1.59. The molecule has 1 aromatic heterocycles. The van der Waals surface area contributed by atoms with E-state index in [2.05, 4.69) is 9.97 Å². The number of ether oxygens (including phenoxy) is 1. The Morgan fingerprint density at radius 3 is 2.56 bits per heavy atom. The molecule has 0 radical (unpaired) electrons. The van der Waals surface area contributed by atoms with Gasteiger partial charge >= 0.3 is 0 Å². The highest BCUT2D eigenvalue weighted by molar-refractivity contribution is 5.76. The SMILES string of the molecule is CC1=COc2nc3ccccc3nc2C=C1. The number of hydrogen-bond donors (Lipinski definition) is 0. The van der Waals surface area contributed by atoms with Crippen LogP contribution in [-0.4, -0.2) is 9.97 Å². The van der Waals surface area contributed by atoms with Crippen LogP contribution in [0.4, 0.5) is 0 Å². The zero-order valence-electron chi connectivity index (χ0n) is 8.84. The van der Waals surface area contributed by atoms with E-state index in [9.17, 15) is 0 Å². The Morgan fingerprint density at radius 1 is 1.00 bits per heavy atom. The van der Waals surface area contributed by atoms with E-state index in [1.54, 1.807) is 6.26 Å². The van der Waals surface area contributed by atoms with E-state index in [1.807, 2.05) is 43.3 Å². The van der Waals surface area contributed by atoms with Gasteiger partial charge in [-0.3, -0.25) is 0 Å². The smallest absolute Gasteiger partial charge is 0.245 e. The Hall–Kier alpha value is -2.16. The normalized spacial score (nSPS) is 13.9. The quantitative estimate of drug-likeness (QED) is 0.670. The van der Waals surface area contributed by atoms with Gasteiger partial charge in [0.05, 0.1) is 17.3 Å². The van der Waals surface area contributed by atoms with Crippen molar-refractivity contribution in [1.82, 2.24) is 9.97 Å². The zero-order chi connectivity index (χ0) is 11.0. The molecule has 2 heterocycles. The van der Waals surface area contributed by atoms with E-state index >= 15 is 0 Å². The minimum absolute atomic E-state index is 0.562. The average molecular weight is 210 g/mol. The van der Waals surface area contributed by atoms with Gasteiger partial charge in [0.25, 0.3) is 0 Å². The molecule has 0 unspecified atom stereocenters. The lowest BCUT2D eigenvalue weighted by Crippen LogP contribution is -1.94. The van der Waals surface area contributed by atoms with Gasteiger partial charge in [0, 0.05) is 0 Å². The Bertz CT molecular complexity index is 614. The molecule has 0 saturated heterocycles. The molecule has 0 saturated carbocycles. The van der Waals surface area contributed by atoms with Gasteiger partial charge in [-0.05, 0) is 30.7 Å². The summed E-state index contributed by atoms with van der Waals surface area (Å²) in [5.74, 6) is 0.562. The van der Waals surface area contributed by atoms with Crippen LogP contribution >= 0.6 is 0 Å². The number of rotatable bonds is 0. The maximum absolute atomic E-state index is 5.47. The van der Waals surface area contributed by atoms with Gasteiger partial charge in [-0.1, -0.05) is 18.2 Å². The van der Waals surface area contributed by atoms with E-state index < -0.39 is 0 Å². The molecular weight excluding hydrogens is 200 g/mol. The molecule has 3 heteroatoms. The average Bonchev–Trinajstić information content (AvgIpc) is 2.49. The number of fused-ring (bicyclic) bond motifs is 2. The molecule has 0 spiro atoms. The lowest BCUT2D eigenvalue weighted by Gasteiger charge is -2.03. The minimum Gasteiger partial charge on any atom is -0.445 e. The molecule has 2 aromatic rings. The van der Waals surface area contributed by atoms with E-state index in [0.29, 0.717) is 5.88 Å². The molecule has 3 rings (SSSR count). The minimum atomic E-state index is 0.562. The second kappa shape index (κ2) is 3.45. The second-order valence-corrected chi connectivity index (χ2v) is 3.72. The van der Waals surface area contributed by atoms with Gasteiger partial charge in [-0.2, -0.15) is 0 Å². The van der Waals surface area contributed by atoms with E-state index in [4.69, 9.17) is 4.74 Å².